The van der Waals surface area contributed by atoms with Gasteiger partial charge in [-0.15, -0.1) is 0 Å². The Morgan fingerprint density at radius 1 is 0.818 bits per heavy atom. The van der Waals surface area contributed by atoms with E-state index in [-0.39, 0.29) is 5.82 Å². The standard InChI is InChI=1S/C26H18FN5O/c1-33-19-10-17(9-18(27)12-19)25-21-13-24(30-22(21)6-8-29-25)26-20-11-15(4-5-23(20)31-32-26)16-3-2-7-28-14-16/h2-14,30H,1H3,(H,31,32). The number of hydrogen-bond donors (Lipinski definition) is 2. The van der Waals surface area contributed by atoms with E-state index in [9.17, 15) is 4.39 Å². The SMILES string of the molecule is COc1cc(F)cc(-c2nccc3[nH]c(-c4n[nH]c5ccc(-c6cccnc6)cc45)cc23)c1. The van der Waals surface area contributed by atoms with Gasteiger partial charge in [0, 0.05) is 52.1 Å². The van der Waals surface area contributed by atoms with Crippen molar-refractivity contribution < 1.29 is 9.13 Å². The summed E-state index contributed by atoms with van der Waals surface area (Å²) in [7, 11) is 1.52. The molecule has 33 heavy (non-hydrogen) atoms. The normalized spacial score (nSPS) is 11.3. The maximum absolute atomic E-state index is 14.1. The van der Waals surface area contributed by atoms with Crippen LogP contribution in [0.25, 0.3) is 55.6 Å². The summed E-state index contributed by atoms with van der Waals surface area (Å²) in [6, 6.07) is 18.6. The maximum atomic E-state index is 14.1. The number of H-pyrrole nitrogens is 2. The molecule has 0 saturated carbocycles. The first kappa shape index (κ1) is 19.2. The summed E-state index contributed by atoms with van der Waals surface area (Å²) in [4.78, 5) is 12.2. The van der Waals surface area contributed by atoms with E-state index in [1.54, 1.807) is 18.5 Å². The summed E-state index contributed by atoms with van der Waals surface area (Å²) in [6.07, 6.45) is 5.31. The van der Waals surface area contributed by atoms with E-state index in [1.165, 1.54) is 19.2 Å². The number of ether oxygens (including phenoxy) is 1. The molecule has 4 heterocycles. The van der Waals surface area contributed by atoms with Gasteiger partial charge in [-0.3, -0.25) is 15.1 Å². The lowest BCUT2D eigenvalue weighted by Crippen LogP contribution is -1.89. The lowest BCUT2D eigenvalue weighted by molar-refractivity contribution is 0.411. The number of nitrogens with zero attached hydrogens (tertiary/aromatic N) is 3. The summed E-state index contributed by atoms with van der Waals surface area (Å²) in [6.45, 7) is 0. The maximum Gasteiger partial charge on any atom is 0.127 e. The van der Waals surface area contributed by atoms with Crippen LogP contribution in [0.15, 0.2) is 79.3 Å². The minimum atomic E-state index is -0.375. The molecular formula is C26H18FN5O. The van der Waals surface area contributed by atoms with Crippen molar-refractivity contribution in [1.82, 2.24) is 25.1 Å². The van der Waals surface area contributed by atoms with Crippen molar-refractivity contribution in [3.05, 3.63) is 85.1 Å². The van der Waals surface area contributed by atoms with Gasteiger partial charge in [0.1, 0.15) is 17.3 Å². The Labute approximate surface area is 188 Å². The number of fused-ring (bicyclic) bond motifs is 2. The van der Waals surface area contributed by atoms with Gasteiger partial charge in [0.15, 0.2) is 0 Å². The van der Waals surface area contributed by atoms with Gasteiger partial charge in [-0.25, -0.2) is 4.39 Å². The second kappa shape index (κ2) is 7.56. The molecule has 0 aliphatic rings. The van der Waals surface area contributed by atoms with Crippen LogP contribution in [-0.4, -0.2) is 32.3 Å². The fraction of sp³-hybridized carbons (Fsp3) is 0.0385. The molecule has 4 aromatic heterocycles. The van der Waals surface area contributed by atoms with Crippen molar-refractivity contribution in [2.45, 2.75) is 0 Å². The third kappa shape index (κ3) is 3.30. The van der Waals surface area contributed by atoms with Crippen LogP contribution in [-0.2, 0) is 0 Å². The largest absolute Gasteiger partial charge is 0.497 e. The number of benzene rings is 2. The topological polar surface area (TPSA) is 79.5 Å². The minimum absolute atomic E-state index is 0.375. The van der Waals surface area contributed by atoms with Gasteiger partial charge in [-0.2, -0.15) is 5.10 Å². The van der Waals surface area contributed by atoms with E-state index in [0.717, 1.165) is 44.3 Å². The molecule has 0 aliphatic carbocycles. The predicted molar refractivity (Wildman–Crippen MR) is 126 cm³/mol. The Hall–Kier alpha value is -4.52. The van der Waals surface area contributed by atoms with E-state index in [4.69, 9.17) is 4.74 Å². The number of aromatic nitrogens is 5. The highest BCUT2D eigenvalue weighted by Gasteiger charge is 2.16. The van der Waals surface area contributed by atoms with Crippen LogP contribution in [0.1, 0.15) is 0 Å². The zero-order chi connectivity index (χ0) is 22.4. The monoisotopic (exact) mass is 435 g/mol. The highest BCUT2D eigenvalue weighted by atomic mass is 19.1. The molecule has 0 saturated heterocycles. The van der Waals surface area contributed by atoms with Crippen molar-refractivity contribution >= 4 is 21.8 Å². The zero-order valence-electron chi connectivity index (χ0n) is 17.6. The van der Waals surface area contributed by atoms with Gasteiger partial charge in [0.05, 0.1) is 24.0 Å². The van der Waals surface area contributed by atoms with Gasteiger partial charge in [0.25, 0.3) is 0 Å². The molecule has 0 radical (unpaired) electrons. The Kier molecular flexibility index (Phi) is 4.40. The average molecular weight is 435 g/mol. The highest BCUT2D eigenvalue weighted by molar-refractivity contribution is 6.00. The van der Waals surface area contributed by atoms with Crippen LogP contribution in [0.4, 0.5) is 4.39 Å². The Balaban J connectivity index is 1.50. The Morgan fingerprint density at radius 3 is 2.58 bits per heavy atom. The molecule has 0 spiro atoms. The summed E-state index contributed by atoms with van der Waals surface area (Å²) in [5.74, 6) is 0.0703. The second-order valence-corrected chi connectivity index (χ2v) is 7.76. The number of halogens is 1. The molecule has 160 valence electrons. The highest BCUT2D eigenvalue weighted by Crippen LogP contribution is 2.35. The van der Waals surface area contributed by atoms with Crippen LogP contribution in [0.3, 0.4) is 0 Å². The molecular weight excluding hydrogens is 417 g/mol. The van der Waals surface area contributed by atoms with Gasteiger partial charge in [-0.1, -0.05) is 12.1 Å². The van der Waals surface area contributed by atoms with Crippen LogP contribution >= 0.6 is 0 Å². The summed E-state index contributed by atoms with van der Waals surface area (Å²) >= 11 is 0. The molecule has 6 nitrogen and oxygen atoms in total. The molecule has 2 N–H and O–H groups in total. The minimum Gasteiger partial charge on any atom is -0.497 e. The Bertz CT molecular complexity index is 1620. The van der Waals surface area contributed by atoms with Crippen molar-refractivity contribution in [3.8, 4) is 39.5 Å². The molecule has 0 aliphatic heterocycles. The number of methoxy groups -OCH3 is 1. The van der Waals surface area contributed by atoms with Gasteiger partial charge in [-0.05, 0) is 48.0 Å². The lowest BCUT2D eigenvalue weighted by Gasteiger charge is -2.06. The molecule has 6 rings (SSSR count). The first-order valence-electron chi connectivity index (χ1n) is 10.4. The molecule has 0 unspecified atom stereocenters. The molecule has 2 aromatic carbocycles. The number of pyridine rings is 2. The Morgan fingerprint density at radius 2 is 1.73 bits per heavy atom. The quantitative estimate of drug-likeness (QED) is 0.357. The number of aromatic amines is 2. The van der Waals surface area contributed by atoms with Crippen LogP contribution in [0.5, 0.6) is 5.75 Å². The fourth-order valence-electron chi connectivity index (χ4n) is 4.16. The predicted octanol–water partition coefficient (Wildman–Crippen LogP) is 5.98. The number of nitrogens with one attached hydrogen (secondary N) is 2. The van der Waals surface area contributed by atoms with Gasteiger partial charge >= 0.3 is 0 Å². The van der Waals surface area contributed by atoms with E-state index < -0.39 is 0 Å². The zero-order valence-corrected chi connectivity index (χ0v) is 17.6. The molecule has 0 atom stereocenters. The van der Waals surface area contributed by atoms with Crippen LogP contribution < -0.4 is 4.74 Å². The fourth-order valence-corrected chi connectivity index (χ4v) is 4.16. The van der Waals surface area contributed by atoms with E-state index in [1.807, 2.05) is 42.6 Å². The van der Waals surface area contributed by atoms with Crippen LogP contribution in [0.2, 0.25) is 0 Å². The summed E-state index contributed by atoms with van der Waals surface area (Å²) < 4.78 is 19.4. The van der Waals surface area contributed by atoms with Crippen molar-refractivity contribution in [1.29, 1.82) is 0 Å². The van der Waals surface area contributed by atoms with Crippen molar-refractivity contribution in [3.63, 3.8) is 0 Å². The van der Waals surface area contributed by atoms with E-state index in [0.29, 0.717) is 17.0 Å². The first-order chi connectivity index (χ1) is 16.2. The molecule has 7 heteroatoms. The molecule has 0 fully saturated rings. The first-order valence-corrected chi connectivity index (χ1v) is 10.4. The summed E-state index contributed by atoms with van der Waals surface area (Å²) in [5.41, 5.74) is 6.88. The third-order valence-electron chi connectivity index (χ3n) is 5.74. The smallest absolute Gasteiger partial charge is 0.127 e. The average Bonchev–Trinajstić information content (AvgIpc) is 3.47. The van der Waals surface area contributed by atoms with Gasteiger partial charge < -0.3 is 9.72 Å². The number of rotatable bonds is 4. The number of hydrogen-bond acceptors (Lipinski definition) is 4. The lowest BCUT2D eigenvalue weighted by atomic mass is 10.0. The second-order valence-electron chi connectivity index (χ2n) is 7.76. The third-order valence-corrected chi connectivity index (χ3v) is 5.74. The van der Waals surface area contributed by atoms with E-state index in [2.05, 4.69) is 31.2 Å². The van der Waals surface area contributed by atoms with Crippen molar-refractivity contribution in [2.24, 2.45) is 0 Å². The van der Waals surface area contributed by atoms with E-state index >= 15 is 0 Å². The summed E-state index contributed by atoms with van der Waals surface area (Å²) in [5, 5.41) is 9.54. The molecule has 0 amide bonds. The molecule has 0 bridgehead atoms. The van der Waals surface area contributed by atoms with Gasteiger partial charge in [0.2, 0.25) is 0 Å². The molecule has 6 aromatic rings. The van der Waals surface area contributed by atoms with Crippen molar-refractivity contribution in [2.75, 3.05) is 7.11 Å². The van der Waals surface area contributed by atoms with Crippen LogP contribution in [0, 0.1) is 5.82 Å².